The first-order valence-corrected chi connectivity index (χ1v) is 21.1. The molecular formula is C43H76OS. The molecule has 8 atom stereocenters. The molecule has 2 heteroatoms. The fourth-order valence-corrected chi connectivity index (χ4v) is 10.8. The van der Waals surface area contributed by atoms with Crippen molar-refractivity contribution >= 4 is 17.5 Å². The van der Waals surface area contributed by atoms with Crippen molar-refractivity contribution in [3.05, 3.63) is 11.6 Å². The molecule has 0 aromatic rings. The van der Waals surface area contributed by atoms with Crippen LogP contribution in [-0.2, 0) is 4.79 Å². The summed E-state index contributed by atoms with van der Waals surface area (Å²) < 4.78 is 0. The van der Waals surface area contributed by atoms with Gasteiger partial charge in [0.2, 0.25) is 0 Å². The van der Waals surface area contributed by atoms with Crippen LogP contribution in [0.15, 0.2) is 11.6 Å². The predicted octanol–water partition coefficient (Wildman–Crippen LogP) is 13.4. The quantitative estimate of drug-likeness (QED) is 0.101. The van der Waals surface area contributed by atoms with Crippen molar-refractivity contribution in [2.24, 2.45) is 52.3 Å². The monoisotopic (exact) mass is 641 g/mol. The zero-order valence-corrected chi connectivity index (χ0v) is 32.5. The molecule has 4 rings (SSSR count). The fourth-order valence-electron chi connectivity index (χ4n) is 9.87. The summed E-state index contributed by atoms with van der Waals surface area (Å²) in [5.41, 5.74) is 2.96. The maximum absolute atomic E-state index is 12.2. The number of carbonyl (C=O) groups excluding carboxylic acids is 1. The maximum atomic E-state index is 12.2. The molecule has 3 fully saturated rings. The van der Waals surface area contributed by atoms with Crippen LogP contribution >= 0.6 is 11.8 Å². The lowest BCUT2D eigenvalue weighted by Crippen LogP contribution is -2.50. The summed E-state index contributed by atoms with van der Waals surface area (Å²) in [6, 6.07) is 0. The van der Waals surface area contributed by atoms with E-state index in [0.717, 1.165) is 47.7 Å². The van der Waals surface area contributed by atoms with Crippen LogP contribution in [0.1, 0.15) is 178 Å². The van der Waals surface area contributed by atoms with Crippen molar-refractivity contribution in [1.82, 2.24) is 0 Å². The SMILES string of the molecule is C#CC(CC)C(=O)CCSCCCC1CCC2(C)C(=CCC3C2CCC2(C)C(CCCCC(C)C)CCC32)C1.CC.CCCC. The van der Waals surface area contributed by atoms with Crippen LogP contribution in [-0.4, -0.2) is 17.3 Å². The molecule has 0 heterocycles. The molecule has 4 aliphatic rings. The van der Waals surface area contributed by atoms with Gasteiger partial charge < -0.3 is 0 Å². The standard InChI is InChI=1S/C37H60OS.C4H10.C2H6/c1-7-29(8-2)35(38)21-25-39-24-11-13-28-19-22-37(6)31(26-28)15-17-32-33-18-16-30(14-10-9-12-27(3)4)36(33,5)23-20-34(32)37;1-3-4-2;1-2/h1,15,27-30,32-34H,8-14,16-26H2,2-6H3;3-4H2,1-2H3;1-2H3. The predicted molar refractivity (Wildman–Crippen MR) is 203 cm³/mol. The van der Waals surface area contributed by atoms with E-state index in [1.165, 1.54) is 108 Å². The Morgan fingerprint density at radius 1 is 0.956 bits per heavy atom. The van der Waals surface area contributed by atoms with E-state index in [1.807, 2.05) is 38.1 Å². The van der Waals surface area contributed by atoms with E-state index in [4.69, 9.17) is 6.42 Å². The Kier molecular flexibility index (Phi) is 18.6. The number of hydrogen-bond donors (Lipinski definition) is 0. The average Bonchev–Trinajstić information content (AvgIpc) is 3.38. The molecule has 0 spiro atoms. The number of allylic oxidation sites excluding steroid dienone is 2. The van der Waals surface area contributed by atoms with Gasteiger partial charge >= 0.3 is 0 Å². The topological polar surface area (TPSA) is 17.1 Å². The highest BCUT2D eigenvalue weighted by atomic mass is 32.2. The van der Waals surface area contributed by atoms with Crippen LogP contribution in [0.2, 0.25) is 0 Å². The molecule has 0 aromatic carbocycles. The lowest BCUT2D eigenvalue weighted by Gasteiger charge is -2.58. The van der Waals surface area contributed by atoms with Gasteiger partial charge in [0.1, 0.15) is 5.78 Å². The Bertz CT molecular complexity index is 909. The molecule has 0 bridgehead atoms. The summed E-state index contributed by atoms with van der Waals surface area (Å²) in [6.07, 6.45) is 32.4. The summed E-state index contributed by atoms with van der Waals surface area (Å²) in [6.45, 7) is 20.5. The van der Waals surface area contributed by atoms with Crippen LogP contribution in [0.3, 0.4) is 0 Å². The van der Waals surface area contributed by atoms with Gasteiger partial charge in [-0.3, -0.25) is 4.79 Å². The van der Waals surface area contributed by atoms with E-state index in [2.05, 4.69) is 53.5 Å². The van der Waals surface area contributed by atoms with Crippen molar-refractivity contribution < 1.29 is 4.79 Å². The number of terminal acetylenes is 1. The Morgan fingerprint density at radius 2 is 1.69 bits per heavy atom. The summed E-state index contributed by atoms with van der Waals surface area (Å²) in [5, 5.41) is 0. The fraction of sp³-hybridized carbons (Fsp3) is 0.884. The van der Waals surface area contributed by atoms with Crippen LogP contribution in [0, 0.1) is 64.6 Å². The van der Waals surface area contributed by atoms with Gasteiger partial charge in [0.25, 0.3) is 0 Å². The average molecular weight is 641 g/mol. The van der Waals surface area contributed by atoms with Gasteiger partial charge in [0.05, 0.1) is 5.92 Å². The minimum atomic E-state index is -0.168. The number of thioether (sulfide) groups is 1. The number of fused-ring (bicyclic) bond motifs is 5. The van der Waals surface area contributed by atoms with Gasteiger partial charge in [0, 0.05) is 12.2 Å². The number of rotatable bonds is 15. The largest absolute Gasteiger partial charge is 0.298 e. The van der Waals surface area contributed by atoms with Crippen molar-refractivity contribution in [3.63, 3.8) is 0 Å². The molecule has 4 aliphatic carbocycles. The highest BCUT2D eigenvalue weighted by molar-refractivity contribution is 7.99. The molecule has 0 N–H and O–H groups in total. The van der Waals surface area contributed by atoms with Crippen LogP contribution < -0.4 is 0 Å². The Hall–Kier alpha value is -0.680. The third kappa shape index (κ3) is 10.9. The molecule has 8 unspecified atom stereocenters. The zero-order valence-electron chi connectivity index (χ0n) is 31.7. The van der Waals surface area contributed by atoms with Gasteiger partial charge in [0.15, 0.2) is 0 Å². The molecule has 260 valence electrons. The second kappa shape index (κ2) is 20.6. The summed E-state index contributed by atoms with van der Waals surface area (Å²) in [4.78, 5) is 12.2. The highest BCUT2D eigenvalue weighted by Crippen LogP contribution is 2.67. The number of hydrogen-bond acceptors (Lipinski definition) is 2. The summed E-state index contributed by atoms with van der Waals surface area (Å²) in [7, 11) is 0. The third-order valence-corrected chi connectivity index (χ3v) is 13.9. The molecule has 0 aromatic heterocycles. The smallest absolute Gasteiger partial charge is 0.148 e. The Morgan fingerprint density at radius 3 is 2.33 bits per heavy atom. The van der Waals surface area contributed by atoms with E-state index >= 15 is 0 Å². The minimum absolute atomic E-state index is 0.168. The Labute approximate surface area is 287 Å². The first-order chi connectivity index (χ1) is 21.6. The van der Waals surface area contributed by atoms with Crippen LogP contribution in [0.25, 0.3) is 0 Å². The molecule has 3 saturated carbocycles. The maximum Gasteiger partial charge on any atom is 0.148 e. The van der Waals surface area contributed by atoms with Crippen molar-refractivity contribution in [2.75, 3.05) is 11.5 Å². The molecule has 0 saturated heterocycles. The van der Waals surface area contributed by atoms with E-state index in [0.29, 0.717) is 17.3 Å². The van der Waals surface area contributed by atoms with Gasteiger partial charge in [-0.05, 0) is 129 Å². The van der Waals surface area contributed by atoms with E-state index in [9.17, 15) is 4.79 Å². The zero-order chi connectivity index (χ0) is 33.5. The van der Waals surface area contributed by atoms with Gasteiger partial charge in [-0.2, -0.15) is 11.8 Å². The summed E-state index contributed by atoms with van der Waals surface area (Å²) >= 11 is 1.96. The van der Waals surface area contributed by atoms with E-state index in [1.54, 1.807) is 0 Å². The Balaban J connectivity index is 0.00000109. The highest BCUT2D eigenvalue weighted by Gasteiger charge is 2.58. The van der Waals surface area contributed by atoms with Crippen molar-refractivity contribution in [1.29, 1.82) is 0 Å². The lowest BCUT2D eigenvalue weighted by molar-refractivity contribution is -0.120. The van der Waals surface area contributed by atoms with Gasteiger partial charge in [-0.25, -0.2) is 0 Å². The van der Waals surface area contributed by atoms with Gasteiger partial charge in [-0.1, -0.05) is 112 Å². The number of carbonyl (C=O) groups is 1. The second-order valence-corrected chi connectivity index (χ2v) is 17.2. The summed E-state index contributed by atoms with van der Waals surface area (Å²) in [5.74, 6) is 10.5. The van der Waals surface area contributed by atoms with E-state index in [-0.39, 0.29) is 11.7 Å². The normalized spacial score (nSPS) is 32.4. The molecule has 0 amide bonds. The van der Waals surface area contributed by atoms with Crippen LogP contribution in [0.5, 0.6) is 0 Å². The van der Waals surface area contributed by atoms with Gasteiger partial charge in [-0.15, -0.1) is 6.42 Å². The first-order valence-electron chi connectivity index (χ1n) is 19.9. The molecule has 0 aliphatic heterocycles. The lowest BCUT2D eigenvalue weighted by atomic mass is 9.47. The van der Waals surface area contributed by atoms with Crippen LogP contribution in [0.4, 0.5) is 0 Å². The number of ketones is 1. The first kappa shape index (κ1) is 40.5. The van der Waals surface area contributed by atoms with Crippen molar-refractivity contribution in [3.8, 4) is 12.3 Å². The van der Waals surface area contributed by atoms with Crippen molar-refractivity contribution in [2.45, 2.75) is 178 Å². The molecular weight excluding hydrogens is 565 g/mol. The molecule has 0 radical (unpaired) electrons. The number of unbranched alkanes of at least 4 members (excludes halogenated alkanes) is 2. The minimum Gasteiger partial charge on any atom is -0.298 e. The van der Waals surface area contributed by atoms with E-state index < -0.39 is 0 Å². The number of Topliss-reactive ketones (excluding diaryl/α,β-unsaturated/α-hetero) is 1. The third-order valence-electron chi connectivity index (χ3n) is 12.9. The molecule has 1 nitrogen and oxygen atoms in total. The molecule has 45 heavy (non-hydrogen) atoms. The second-order valence-electron chi connectivity index (χ2n) is 16.0.